The van der Waals surface area contributed by atoms with E-state index < -0.39 is 24.4 Å². The fourth-order valence-electron chi connectivity index (χ4n) is 1.60. The van der Waals surface area contributed by atoms with Crippen LogP contribution in [-0.2, 0) is 20.7 Å². The van der Waals surface area contributed by atoms with E-state index in [-0.39, 0.29) is 6.42 Å². The SMILES string of the molecule is O=C(COC(=O)Cc1ccc(Br)cc1)NNC(=O)c1cccs1. The van der Waals surface area contributed by atoms with Gasteiger partial charge in [0.15, 0.2) is 6.61 Å². The minimum atomic E-state index is -0.612. The number of rotatable bonds is 5. The van der Waals surface area contributed by atoms with Crippen LogP contribution in [0.5, 0.6) is 0 Å². The van der Waals surface area contributed by atoms with E-state index in [0.717, 1.165) is 10.0 Å². The highest BCUT2D eigenvalue weighted by Crippen LogP contribution is 2.11. The molecule has 120 valence electrons. The maximum atomic E-state index is 11.6. The standard InChI is InChI=1S/C15H13BrN2O4S/c16-11-5-3-10(4-6-11)8-14(20)22-9-13(19)17-18-15(21)12-2-1-7-23-12/h1-7H,8-9H2,(H,17,19)(H,18,21). The summed E-state index contributed by atoms with van der Waals surface area (Å²) in [6, 6.07) is 10.6. The summed E-state index contributed by atoms with van der Waals surface area (Å²) in [7, 11) is 0. The molecule has 0 bridgehead atoms. The molecule has 0 aliphatic rings. The van der Waals surface area contributed by atoms with Gasteiger partial charge in [0.25, 0.3) is 11.8 Å². The number of hydrogen-bond acceptors (Lipinski definition) is 5. The molecular weight excluding hydrogens is 384 g/mol. The summed E-state index contributed by atoms with van der Waals surface area (Å²) in [4.78, 5) is 35.2. The van der Waals surface area contributed by atoms with Gasteiger partial charge in [-0.1, -0.05) is 34.1 Å². The molecule has 6 nitrogen and oxygen atoms in total. The molecule has 23 heavy (non-hydrogen) atoms. The van der Waals surface area contributed by atoms with E-state index in [2.05, 4.69) is 26.8 Å². The van der Waals surface area contributed by atoms with Crippen LogP contribution in [0.15, 0.2) is 46.3 Å². The number of benzene rings is 1. The largest absolute Gasteiger partial charge is 0.455 e. The highest BCUT2D eigenvalue weighted by molar-refractivity contribution is 9.10. The predicted molar refractivity (Wildman–Crippen MR) is 88.7 cm³/mol. The Hall–Kier alpha value is -2.19. The topological polar surface area (TPSA) is 84.5 Å². The lowest BCUT2D eigenvalue weighted by Gasteiger charge is -2.07. The number of carbonyl (C=O) groups is 3. The van der Waals surface area contributed by atoms with Crippen LogP contribution in [0.1, 0.15) is 15.2 Å². The van der Waals surface area contributed by atoms with Crippen molar-refractivity contribution in [3.8, 4) is 0 Å². The highest BCUT2D eigenvalue weighted by Gasteiger charge is 2.11. The Labute approximate surface area is 144 Å². The van der Waals surface area contributed by atoms with Gasteiger partial charge >= 0.3 is 5.97 Å². The summed E-state index contributed by atoms with van der Waals surface area (Å²) in [6.45, 7) is -0.458. The Balaban J connectivity index is 1.68. The van der Waals surface area contributed by atoms with Crippen LogP contribution in [0.4, 0.5) is 0 Å². The van der Waals surface area contributed by atoms with Gasteiger partial charge in [0.1, 0.15) is 0 Å². The molecule has 0 unspecified atom stereocenters. The van der Waals surface area contributed by atoms with E-state index in [1.807, 2.05) is 12.1 Å². The second-order valence-electron chi connectivity index (χ2n) is 4.44. The molecule has 0 saturated carbocycles. The van der Waals surface area contributed by atoms with E-state index in [0.29, 0.717) is 4.88 Å². The molecule has 0 saturated heterocycles. The average molecular weight is 397 g/mol. The zero-order chi connectivity index (χ0) is 16.7. The van der Waals surface area contributed by atoms with Crippen molar-refractivity contribution in [3.63, 3.8) is 0 Å². The minimum absolute atomic E-state index is 0.0715. The first-order valence-corrected chi connectivity index (χ1v) is 8.24. The summed E-state index contributed by atoms with van der Waals surface area (Å²) in [5.74, 6) is -1.55. The molecule has 1 heterocycles. The van der Waals surface area contributed by atoms with Crippen molar-refractivity contribution in [2.24, 2.45) is 0 Å². The first-order chi connectivity index (χ1) is 11.0. The van der Waals surface area contributed by atoms with Gasteiger partial charge in [0.05, 0.1) is 11.3 Å². The highest BCUT2D eigenvalue weighted by atomic mass is 79.9. The van der Waals surface area contributed by atoms with Gasteiger partial charge in [-0.2, -0.15) is 0 Å². The molecule has 2 rings (SSSR count). The Kier molecular flexibility index (Phi) is 6.30. The van der Waals surface area contributed by atoms with Crippen LogP contribution in [0.3, 0.4) is 0 Å². The molecule has 0 aliphatic heterocycles. The van der Waals surface area contributed by atoms with Crippen LogP contribution in [-0.4, -0.2) is 24.4 Å². The average Bonchev–Trinajstić information content (AvgIpc) is 3.07. The van der Waals surface area contributed by atoms with Crippen molar-refractivity contribution in [1.29, 1.82) is 0 Å². The lowest BCUT2D eigenvalue weighted by molar-refractivity contribution is -0.148. The molecule has 8 heteroatoms. The smallest absolute Gasteiger partial charge is 0.310 e. The Morgan fingerprint density at radius 1 is 1.09 bits per heavy atom. The van der Waals surface area contributed by atoms with Gasteiger partial charge in [0, 0.05) is 4.47 Å². The van der Waals surface area contributed by atoms with Gasteiger partial charge in [-0.25, -0.2) is 0 Å². The van der Waals surface area contributed by atoms with Crippen LogP contribution in [0.2, 0.25) is 0 Å². The third-order valence-electron chi connectivity index (χ3n) is 2.69. The van der Waals surface area contributed by atoms with Crippen molar-refractivity contribution in [3.05, 3.63) is 56.7 Å². The monoisotopic (exact) mass is 396 g/mol. The summed E-state index contributed by atoms with van der Waals surface area (Å²) < 4.78 is 5.76. The van der Waals surface area contributed by atoms with Crippen LogP contribution >= 0.6 is 27.3 Å². The van der Waals surface area contributed by atoms with Gasteiger partial charge in [0.2, 0.25) is 0 Å². The van der Waals surface area contributed by atoms with Crippen molar-refractivity contribution in [2.75, 3.05) is 6.61 Å². The van der Waals surface area contributed by atoms with Crippen LogP contribution < -0.4 is 10.9 Å². The molecule has 1 aromatic heterocycles. The van der Waals surface area contributed by atoms with Gasteiger partial charge < -0.3 is 4.74 Å². The molecule has 2 amide bonds. The van der Waals surface area contributed by atoms with Crippen molar-refractivity contribution < 1.29 is 19.1 Å². The van der Waals surface area contributed by atoms with E-state index >= 15 is 0 Å². The van der Waals surface area contributed by atoms with E-state index in [4.69, 9.17) is 4.74 Å². The van der Waals surface area contributed by atoms with E-state index in [1.54, 1.807) is 29.6 Å². The molecule has 1 aromatic carbocycles. The molecule has 0 spiro atoms. The number of nitrogens with one attached hydrogen (secondary N) is 2. The van der Waals surface area contributed by atoms with E-state index in [1.165, 1.54) is 11.3 Å². The fourth-order valence-corrected chi connectivity index (χ4v) is 2.48. The first kappa shape index (κ1) is 17.2. The molecule has 2 aromatic rings. The molecule has 0 fully saturated rings. The summed E-state index contributed by atoms with van der Waals surface area (Å²) in [5.41, 5.74) is 5.20. The van der Waals surface area contributed by atoms with Gasteiger partial charge in [-0.3, -0.25) is 25.2 Å². The predicted octanol–water partition coefficient (Wildman–Crippen LogP) is 2.06. The van der Waals surface area contributed by atoms with Gasteiger partial charge in [-0.15, -0.1) is 11.3 Å². The summed E-state index contributed by atoms with van der Waals surface area (Å²) in [6.07, 6.45) is 0.0715. The first-order valence-electron chi connectivity index (χ1n) is 6.57. The van der Waals surface area contributed by atoms with Gasteiger partial charge in [-0.05, 0) is 29.1 Å². The number of thiophene rings is 1. The molecular formula is C15H13BrN2O4S. The molecule has 2 N–H and O–H groups in total. The molecule has 0 radical (unpaired) electrons. The minimum Gasteiger partial charge on any atom is -0.455 e. The number of hydrogen-bond donors (Lipinski definition) is 2. The quantitative estimate of drug-likeness (QED) is 0.598. The number of hydrazine groups is 1. The van der Waals surface area contributed by atoms with Crippen LogP contribution in [0, 0.1) is 0 Å². The number of halogens is 1. The van der Waals surface area contributed by atoms with Crippen LogP contribution in [0.25, 0.3) is 0 Å². The zero-order valence-corrected chi connectivity index (χ0v) is 14.3. The lowest BCUT2D eigenvalue weighted by atomic mass is 10.2. The normalized spacial score (nSPS) is 9.96. The summed E-state index contributed by atoms with van der Waals surface area (Å²) >= 11 is 4.55. The van der Waals surface area contributed by atoms with Crippen molar-refractivity contribution >= 4 is 45.1 Å². The Bertz CT molecular complexity index is 686. The van der Waals surface area contributed by atoms with Crippen molar-refractivity contribution in [1.82, 2.24) is 10.9 Å². The lowest BCUT2D eigenvalue weighted by Crippen LogP contribution is -2.43. The fraction of sp³-hybridized carbons (Fsp3) is 0.133. The third kappa shape index (κ3) is 5.84. The second-order valence-corrected chi connectivity index (χ2v) is 6.31. The van der Waals surface area contributed by atoms with Crippen molar-refractivity contribution in [2.45, 2.75) is 6.42 Å². The molecule has 0 atom stereocenters. The number of carbonyl (C=O) groups excluding carboxylic acids is 3. The number of amides is 2. The zero-order valence-electron chi connectivity index (χ0n) is 11.9. The number of ether oxygens (including phenoxy) is 1. The number of esters is 1. The third-order valence-corrected chi connectivity index (χ3v) is 4.08. The second kappa shape index (κ2) is 8.44. The Morgan fingerprint density at radius 3 is 2.48 bits per heavy atom. The maximum Gasteiger partial charge on any atom is 0.310 e. The Morgan fingerprint density at radius 2 is 1.83 bits per heavy atom. The van der Waals surface area contributed by atoms with E-state index in [9.17, 15) is 14.4 Å². The summed E-state index contributed by atoms with van der Waals surface area (Å²) in [5, 5.41) is 1.75. The maximum absolute atomic E-state index is 11.6. The molecule has 0 aliphatic carbocycles.